The molecular weight excluding hydrogens is 313 g/mol. The molecule has 1 aliphatic rings. The number of nitrogens with zero attached hydrogens (tertiary/aromatic N) is 1. The first-order chi connectivity index (χ1) is 11.5. The Labute approximate surface area is 137 Å². The molecule has 2 amide bonds. The molecule has 0 atom stereocenters. The summed E-state index contributed by atoms with van der Waals surface area (Å²) in [4.78, 5) is 37.0. The van der Waals surface area contributed by atoms with Crippen molar-refractivity contribution in [3.8, 4) is 5.75 Å². The Morgan fingerprint density at radius 3 is 2.29 bits per heavy atom. The molecule has 0 fully saturated rings. The molecule has 0 saturated carbocycles. The third-order valence-corrected chi connectivity index (χ3v) is 3.77. The van der Waals surface area contributed by atoms with Crippen LogP contribution in [-0.2, 0) is 0 Å². The van der Waals surface area contributed by atoms with Gasteiger partial charge in [0.1, 0.15) is 18.2 Å². The predicted molar refractivity (Wildman–Crippen MR) is 83.7 cm³/mol. The Kier molecular flexibility index (Phi) is 4.12. The molecule has 0 bridgehead atoms. The summed E-state index contributed by atoms with van der Waals surface area (Å²) in [6, 6.07) is 10.2. The van der Waals surface area contributed by atoms with E-state index in [9.17, 15) is 18.8 Å². The first-order valence-corrected chi connectivity index (χ1v) is 7.37. The number of halogens is 1. The van der Waals surface area contributed by atoms with E-state index in [-0.39, 0.29) is 42.1 Å². The molecule has 0 aliphatic carbocycles. The number of fused-ring (bicyclic) bond motifs is 1. The number of hydrogen-bond donors (Lipinski definition) is 0. The second-order valence-corrected chi connectivity index (χ2v) is 5.35. The summed E-state index contributed by atoms with van der Waals surface area (Å²) in [5, 5.41) is 0. The van der Waals surface area contributed by atoms with Crippen LogP contribution in [0.3, 0.4) is 0 Å². The van der Waals surface area contributed by atoms with Crippen molar-refractivity contribution in [3.63, 3.8) is 0 Å². The van der Waals surface area contributed by atoms with Gasteiger partial charge in [-0.15, -0.1) is 0 Å². The first kappa shape index (κ1) is 15.9. The van der Waals surface area contributed by atoms with Gasteiger partial charge in [-0.3, -0.25) is 19.3 Å². The highest BCUT2D eigenvalue weighted by atomic mass is 19.1. The summed E-state index contributed by atoms with van der Waals surface area (Å²) in [7, 11) is 0. The second kappa shape index (κ2) is 6.23. The zero-order valence-electron chi connectivity index (χ0n) is 12.9. The number of ether oxygens (including phenoxy) is 1. The number of Topliss-reactive ketones (excluding diaryl/α,β-unsaturated/α-hetero) is 1. The summed E-state index contributed by atoms with van der Waals surface area (Å²) >= 11 is 0. The third-order valence-electron chi connectivity index (χ3n) is 3.77. The monoisotopic (exact) mass is 327 g/mol. The number of imide groups is 1. The van der Waals surface area contributed by atoms with Crippen molar-refractivity contribution in [2.75, 3.05) is 13.2 Å². The van der Waals surface area contributed by atoms with Gasteiger partial charge in [-0.25, -0.2) is 4.39 Å². The van der Waals surface area contributed by atoms with E-state index in [1.807, 2.05) is 0 Å². The topological polar surface area (TPSA) is 63.7 Å². The van der Waals surface area contributed by atoms with E-state index < -0.39 is 5.82 Å². The van der Waals surface area contributed by atoms with E-state index in [1.54, 1.807) is 24.3 Å². The molecule has 0 N–H and O–H groups in total. The van der Waals surface area contributed by atoms with Crippen molar-refractivity contribution < 1.29 is 23.5 Å². The normalized spacial score (nSPS) is 13.2. The largest absolute Gasteiger partial charge is 0.491 e. The smallest absolute Gasteiger partial charge is 0.261 e. The zero-order valence-corrected chi connectivity index (χ0v) is 12.9. The Hall–Kier alpha value is -3.02. The molecule has 122 valence electrons. The lowest BCUT2D eigenvalue weighted by Gasteiger charge is -2.15. The number of benzene rings is 2. The molecule has 0 aromatic heterocycles. The van der Waals surface area contributed by atoms with Crippen LogP contribution in [0, 0.1) is 5.82 Å². The highest BCUT2D eigenvalue weighted by molar-refractivity contribution is 6.21. The maximum atomic E-state index is 13.3. The molecule has 0 spiro atoms. The van der Waals surface area contributed by atoms with Gasteiger partial charge in [-0.2, -0.15) is 0 Å². The van der Waals surface area contributed by atoms with Gasteiger partial charge in [-0.1, -0.05) is 12.1 Å². The lowest BCUT2D eigenvalue weighted by Crippen LogP contribution is -2.33. The molecule has 3 rings (SSSR count). The SMILES string of the molecule is CC(=O)c1ccc(F)cc1OCCN1C(=O)c2ccccc2C1=O. The average molecular weight is 327 g/mol. The average Bonchev–Trinajstić information content (AvgIpc) is 2.80. The fourth-order valence-corrected chi connectivity index (χ4v) is 2.60. The quantitative estimate of drug-likeness (QED) is 0.626. The molecule has 2 aromatic rings. The molecule has 5 nitrogen and oxygen atoms in total. The van der Waals surface area contributed by atoms with E-state index in [0.29, 0.717) is 11.1 Å². The minimum atomic E-state index is -0.532. The van der Waals surface area contributed by atoms with Crippen LogP contribution in [0.2, 0.25) is 0 Å². The highest BCUT2D eigenvalue weighted by Gasteiger charge is 2.34. The summed E-state index contributed by atoms with van der Waals surface area (Å²) < 4.78 is 18.8. The number of rotatable bonds is 5. The molecule has 0 saturated heterocycles. The Bertz CT molecular complexity index is 812. The van der Waals surface area contributed by atoms with Crippen LogP contribution in [0.1, 0.15) is 38.0 Å². The van der Waals surface area contributed by atoms with Crippen molar-refractivity contribution in [3.05, 3.63) is 65.0 Å². The fraction of sp³-hybridized carbons (Fsp3) is 0.167. The van der Waals surface area contributed by atoms with Gasteiger partial charge in [0.25, 0.3) is 11.8 Å². The molecule has 1 heterocycles. The van der Waals surface area contributed by atoms with Gasteiger partial charge >= 0.3 is 0 Å². The summed E-state index contributed by atoms with van der Waals surface area (Å²) in [6.45, 7) is 1.33. The van der Waals surface area contributed by atoms with Crippen molar-refractivity contribution in [1.82, 2.24) is 4.90 Å². The molecular formula is C18H14FNO4. The lowest BCUT2D eigenvalue weighted by molar-refractivity contribution is 0.0630. The van der Waals surface area contributed by atoms with Crippen LogP contribution < -0.4 is 4.74 Å². The van der Waals surface area contributed by atoms with Crippen molar-refractivity contribution >= 4 is 17.6 Å². The highest BCUT2D eigenvalue weighted by Crippen LogP contribution is 2.23. The van der Waals surface area contributed by atoms with Crippen LogP contribution in [0.5, 0.6) is 5.75 Å². The second-order valence-electron chi connectivity index (χ2n) is 5.35. The molecule has 1 aliphatic heterocycles. The number of carbonyl (C=O) groups excluding carboxylic acids is 3. The summed E-state index contributed by atoms with van der Waals surface area (Å²) in [5.74, 6) is -1.46. The van der Waals surface area contributed by atoms with Crippen molar-refractivity contribution in [2.24, 2.45) is 0 Å². The Morgan fingerprint density at radius 2 is 1.71 bits per heavy atom. The molecule has 0 radical (unpaired) electrons. The van der Waals surface area contributed by atoms with Crippen LogP contribution in [0.25, 0.3) is 0 Å². The zero-order chi connectivity index (χ0) is 17.3. The minimum absolute atomic E-state index is 0.0141. The van der Waals surface area contributed by atoms with Gasteiger partial charge in [0.15, 0.2) is 5.78 Å². The molecule has 0 unspecified atom stereocenters. The van der Waals surface area contributed by atoms with E-state index in [1.165, 1.54) is 19.1 Å². The first-order valence-electron chi connectivity index (χ1n) is 7.37. The third kappa shape index (κ3) is 2.78. The number of hydrogen-bond acceptors (Lipinski definition) is 4. The number of carbonyl (C=O) groups is 3. The van der Waals surface area contributed by atoms with E-state index in [0.717, 1.165) is 11.0 Å². The molecule has 24 heavy (non-hydrogen) atoms. The van der Waals surface area contributed by atoms with Crippen LogP contribution in [-0.4, -0.2) is 35.6 Å². The maximum absolute atomic E-state index is 13.3. The number of amides is 2. The van der Waals surface area contributed by atoms with E-state index in [4.69, 9.17) is 4.74 Å². The number of ketones is 1. The van der Waals surface area contributed by atoms with Crippen LogP contribution in [0.4, 0.5) is 4.39 Å². The Morgan fingerprint density at radius 1 is 1.08 bits per heavy atom. The summed E-state index contributed by atoms with van der Waals surface area (Å²) in [5.41, 5.74) is 0.967. The predicted octanol–water partition coefficient (Wildman–Crippen LogP) is 2.70. The lowest BCUT2D eigenvalue weighted by atomic mass is 10.1. The van der Waals surface area contributed by atoms with Gasteiger partial charge in [0.2, 0.25) is 0 Å². The van der Waals surface area contributed by atoms with Crippen molar-refractivity contribution in [1.29, 1.82) is 0 Å². The minimum Gasteiger partial charge on any atom is -0.491 e. The standard InChI is InChI=1S/C18H14FNO4/c1-11(21)13-7-6-12(19)10-16(13)24-9-8-20-17(22)14-4-2-3-5-15(14)18(20)23/h2-7,10H,8-9H2,1H3. The van der Waals surface area contributed by atoms with Crippen LogP contribution in [0.15, 0.2) is 42.5 Å². The van der Waals surface area contributed by atoms with Crippen molar-refractivity contribution in [2.45, 2.75) is 6.92 Å². The summed E-state index contributed by atoms with van der Waals surface area (Å²) in [6.07, 6.45) is 0. The fourth-order valence-electron chi connectivity index (χ4n) is 2.60. The van der Waals surface area contributed by atoms with E-state index in [2.05, 4.69) is 0 Å². The Balaban J connectivity index is 1.70. The van der Waals surface area contributed by atoms with Gasteiger partial charge < -0.3 is 4.74 Å². The van der Waals surface area contributed by atoms with Gasteiger partial charge in [-0.05, 0) is 31.2 Å². The van der Waals surface area contributed by atoms with Gasteiger partial charge in [0, 0.05) is 6.07 Å². The molecule has 2 aromatic carbocycles. The van der Waals surface area contributed by atoms with Crippen LogP contribution >= 0.6 is 0 Å². The maximum Gasteiger partial charge on any atom is 0.261 e. The molecule has 6 heteroatoms. The van der Waals surface area contributed by atoms with Gasteiger partial charge in [0.05, 0.1) is 23.2 Å². The van der Waals surface area contributed by atoms with E-state index >= 15 is 0 Å².